The van der Waals surface area contributed by atoms with Crippen LogP contribution in [0.2, 0.25) is 0 Å². The Hall–Kier alpha value is -2.14. The van der Waals surface area contributed by atoms with Crippen LogP contribution in [0.5, 0.6) is 0 Å². The molecule has 110 valence electrons. The van der Waals surface area contributed by atoms with E-state index in [2.05, 4.69) is 10.6 Å². The molecule has 0 atom stereocenters. The molecule has 0 radical (unpaired) electrons. The number of rotatable bonds is 2. The highest BCUT2D eigenvalue weighted by molar-refractivity contribution is 5.99. The Labute approximate surface area is 122 Å². The van der Waals surface area contributed by atoms with Gasteiger partial charge >= 0.3 is 5.63 Å². The summed E-state index contributed by atoms with van der Waals surface area (Å²) in [4.78, 5) is 24.5. The van der Waals surface area contributed by atoms with E-state index >= 15 is 0 Å². The van der Waals surface area contributed by atoms with Gasteiger partial charge in [0.1, 0.15) is 11.1 Å². The van der Waals surface area contributed by atoms with Crippen LogP contribution < -0.4 is 16.3 Å². The molecule has 0 spiro atoms. The molecule has 1 fully saturated rings. The second-order valence-corrected chi connectivity index (χ2v) is 5.38. The summed E-state index contributed by atoms with van der Waals surface area (Å²) in [6.07, 6.45) is 1.76. The Morgan fingerprint density at radius 2 is 2.00 bits per heavy atom. The molecule has 1 aromatic carbocycles. The fourth-order valence-corrected chi connectivity index (χ4v) is 2.79. The highest BCUT2D eigenvalue weighted by Gasteiger charge is 2.22. The first-order valence-electron chi connectivity index (χ1n) is 7.21. The van der Waals surface area contributed by atoms with Gasteiger partial charge in [-0.05, 0) is 44.5 Å². The first-order chi connectivity index (χ1) is 10.2. The Morgan fingerprint density at radius 3 is 2.76 bits per heavy atom. The number of carbonyl (C=O) groups excluding carboxylic acids is 1. The maximum Gasteiger partial charge on any atom is 0.349 e. The van der Waals surface area contributed by atoms with Gasteiger partial charge in [-0.25, -0.2) is 4.79 Å². The maximum absolute atomic E-state index is 12.4. The smallest absolute Gasteiger partial charge is 0.349 e. The Morgan fingerprint density at radius 1 is 1.29 bits per heavy atom. The van der Waals surface area contributed by atoms with Crippen molar-refractivity contribution in [3.05, 3.63) is 45.8 Å². The van der Waals surface area contributed by atoms with Crippen LogP contribution in [-0.2, 0) is 0 Å². The van der Waals surface area contributed by atoms with Crippen molar-refractivity contribution in [1.29, 1.82) is 0 Å². The molecule has 1 saturated heterocycles. The second kappa shape index (κ2) is 5.69. The van der Waals surface area contributed by atoms with Crippen LogP contribution in [0, 0.1) is 6.92 Å². The summed E-state index contributed by atoms with van der Waals surface area (Å²) in [5.41, 5.74) is 0.733. The van der Waals surface area contributed by atoms with Gasteiger partial charge in [0.2, 0.25) is 0 Å². The molecule has 5 nitrogen and oxygen atoms in total. The van der Waals surface area contributed by atoms with Gasteiger partial charge in [0.15, 0.2) is 0 Å². The van der Waals surface area contributed by atoms with Crippen LogP contribution in [0.4, 0.5) is 0 Å². The van der Waals surface area contributed by atoms with E-state index in [0.717, 1.165) is 31.3 Å². The van der Waals surface area contributed by atoms with Crippen LogP contribution in [0.3, 0.4) is 0 Å². The molecule has 0 unspecified atom stereocenters. The summed E-state index contributed by atoms with van der Waals surface area (Å²) in [7, 11) is 0. The fraction of sp³-hybridized carbons (Fsp3) is 0.375. The minimum Gasteiger partial charge on any atom is -0.422 e. The number of amides is 1. The van der Waals surface area contributed by atoms with Gasteiger partial charge in [0, 0.05) is 11.4 Å². The van der Waals surface area contributed by atoms with Gasteiger partial charge < -0.3 is 15.1 Å². The quantitative estimate of drug-likeness (QED) is 0.822. The van der Waals surface area contributed by atoms with Crippen molar-refractivity contribution in [2.75, 3.05) is 13.1 Å². The van der Waals surface area contributed by atoms with E-state index in [9.17, 15) is 9.59 Å². The zero-order valence-corrected chi connectivity index (χ0v) is 11.9. The van der Waals surface area contributed by atoms with Crippen molar-refractivity contribution in [3.8, 4) is 0 Å². The van der Waals surface area contributed by atoms with Gasteiger partial charge in [-0.2, -0.15) is 0 Å². The molecular formula is C16H18N2O3. The number of fused-ring (bicyclic) bond motifs is 1. The maximum atomic E-state index is 12.4. The third-order valence-electron chi connectivity index (χ3n) is 3.97. The summed E-state index contributed by atoms with van der Waals surface area (Å²) in [5, 5.41) is 6.98. The molecule has 2 N–H and O–H groups in total. The van der Waals surface area contributed by atoms with Crippen LogP contribution >= 0.6 is 0 Å². The number of nitrogens with one attached hydrogen (secondary N) is 2. The third kappa shape index (κ3) is 2.69. The van der Waals surface area contributed by atoms with Crippen LogP contribution in [0.25, 0.3) is 11.0 Å². The lowest BCUT2D eigenvalue weighted by molar-refractivity contribution is 0.0925. The highest BCUT2D eigenvalue weighted by atomic mass is 16.4. The molecule has 21 heavy (non-hydrogen) atoms. The first kappa shape index (κ1) is 13.8. The van der Waals surface area contributed by atoms with E-state index < -0.39 is 5.63 Å². The van der Waals surface area contributed by atoms with E-state index in [-0.39, 0.29) is 17.5 Å². The van der Waals surface area contributed by atoms with Crippen LogP contribution in [-0.4, -0.2) is 25.0 Å². The van der Waals surface area contributed by atoms with Gasteiger partial charge in [-0.3, -0.25) is 4.79 Å². The molecule has 0 aliphatic carbocycles. The lowest BCUT2D eigenvalue weighted by Crippen LogP contribution is -2.44. The van der Waals surface area contributed by atoms with E-state index in [1.54, 1.807) is 19.1 Å². The predicted octanol–water partition coefficient (Wildman–Crippen LogP) is 1.58. The molecule has 2 heterocycles. The zero-order chi connectivity index (χ0) is 14.8. The zero-order valence-electron chi connectivity index (χ0n) is 11.9. The Kier molecular flexibility index (Phi) is 3.75. The van der Waals surface area contributed by atoms with Crippen molar-refractivity contribution in [2.45, 2.75) is 25.8 Å². The number of carbonyl (C=O) groups is 1. The normalized spacial score (nSPS) is 16.0. The number of para-hydroxylation sites is 1. The molecular weight excluding hydrogens is 268 g/mol. The van der Waals surface area contributed by atoms with Gasteiger partial charge in [0.25, 0.3) is 5.91 Å². The first-order valence-corrected chi connectivity index (χ1v) is 7.21. The minimum absolute atomic E-state index is 0.115. The average Bonchev–Trinajstić information content (AvgIpc) is 2.48. The van der Waals surface area contributed by atoms with Crippen LogP contribution in [0.15, 0.2) is 33.5 Å². The largest absolute Gasteiger partial charge is 0.422 e. The standard InChI is InChI=1S/C16H18N2O3/c1-10-12-4-2-3-5-13(12)21-16(20)14(10)15(19)18-11-6-8-17-9-7-11/h2-5,11,17H,6-9H2,1H3,(H,18,19). The molecule has 5 heteroatoms. The fourth-order valence-electron chi connectivity index (χ4n) is 2.79. The minimum atomic E-state index is -0.572. The third-order valence-corrected chi connectivity index (χ3v) is 3.97. The van der Waals surface area contributed by atoms with Crippen molar-refractivity contribution >= 4 is 16.9 Å². The number of hydrogen-bond donors (Lipinski definition) is 2. The molecule has 0 saturated carbocycles. The Balaban J connectivity index is 1.95. The molecule has 1 aliphatic heterocycles. The monoisotopic (exact) mass is 286 g/mol. The van der Waals surface area contributed by atoms with E-state index in [1.807, 2.05) is 12.1 Å². The SMILES string of the molecule is Cc1c(C(=O)NC2CCNCC2)c(=O)oc2ccccc12. The summed E-state index contributed by atoms with van der Waals surface area (Å²) in [6, 6.07) is 7.38. The second-order valence-electron chi connectivity index (χ2n) is 5.38. The highest BCUT2D eigenvalue weighted by Crippen LogP contribution is 2.19. The van der Waals surface area contributed by atoms with E-state index in [4.69, 9.17) is 4.42 Å². The summed E-state index contributed by atoms with van der Waals surface area (Å²) in [6.45, 7) is 3.56. The average molecular weight is 286 g/mol. The topological polar surface area (TPSA) is 71.3 Å². The molecule has 0 bridgehead atoms. The molecule has 3 rings (SSSR count). The summed E-state index contributed by atoms with van der Waals surface area (Å²) in [5.74, 6) is -0.334. The van der Waals surface area contributed by atoms with Gasteiger partial charge in [-0.15, -0.1) is 0 Å². The molecule has 1 amide bonds. The predicted molar refractivity (Wildman–Crippen MR) is 80.6 cm³/mol. The molecule has 1 aromatic heterocycles. The van der Waals surface area contributed by atoms with Crippen molar-refractivity contribution in [3.63, 3.8) is 0 Å². The van der Waals surface area contributed by atoms with Crippen LogP contribution in [0.1, 0.15) is 28.8 Å². The van der Waals surface area contributed by atoms with Gasteiger partial charge in [-0.1, -0.05) is 18.2 Å². The molecule has 2 aromatic rings. The Bertz CT molecular complexity index is 730. The summed E-state index contributed by atoms with van der Waals surface area (Å²) >= 11 is 0. The van der Waals surface area contributed by atoms with Crippen molar-refractivity contribution in [2.24, 2.45) is 0 Å². The molecule has 1 aliphatic rings. The van der Waals surface area contributed by atoms with Crippen molar-refractivity contribution in [1.82, 2.24) is 10.6 Å². The number of aryl methyl sites for hydroxylation is 1. The van der Waals surface area contributed by atoms with E-state index in [0.29, 0.717) is 11.1 Å². The number of benzene rings is 1. The van der Waals surface area contributed by atoms with Crippen molar-refractivity contribution < 1.29 is 9.21 Å². The summed E-state index contributed by atoms with van der Waals surface area (Å²) < 4.78 is 5.26. The number of hydrogen-bond acceptors (Lipinski definition) is 4. The van der Waals surface area contributed by atoms with Gasteiger partial charge in [0.05, 0.1) is 0 Å². The lowest BCUT2D eigenvalue weighted by atomic mass is 10.0. The van der Waals surface area contributed by atoms with E-state index in [1.165, 1.54) is 0 Å². The number of piperidine rings is 1. The lowest BCUT2D eigenvalue weighted by Gasteiger charge is -2.23.